The minimum atomic E-state index is -0.640. The zero-order valence-corrected chi connectivity index (χ0v) is 17.9. The molecule has 4 heterocycles. The zero-order valence-electron chi connectivity index (χ0n) is 17.9. The summed E-state index contributed by atoms with van der Waals surface area (Å²) in [4.78, 5) is 26.3. The van der Waals surface area contributed by atoms with Crippen LogP contribution in [0, 0.1) is 12.7 Å². The van der Waals surface area contributed by atoms with Crippen LogP contribution in [0.25, 0.3) is 0 Å². The molecule has 170 valence electrons. The molecule has 0 spiro atoms. The minimum absolute atomic E-state index is 0.0512. The second-order valence-electron chi connectivity index (χ2n) is 7.62. The highest BCUT2D eigenvalue weighted by Gasteiger charge is 2.18. The fourth-order valence-corrected chi connectivity index (χ4v) is 3.69. The molecule has 10 nitrogen and oxygen atoms in total. The average molecular weight is 451 g/mol. The number of nitrogens with one attached hydrogen (secondary N) is 3. The lowest BCUT2D eigenvalue weighted by molar-refractivity contribution is -0.118. The van der Waals surface area contributed by atoms with Crippen LogP contribution in [0.15, 0.2) is 36.5 Å². The number of hydrogen-bond acceptors (Lipinski definition) is 9. The lowest BCUT2D eigenvalue weighted by Crippen LogP contribution is -2.36. The molecule has 0 bridgehead atoms. The normalized spacial score (nSPS) is 15.3. The number of carbonyl (C=O) groups excluding carboxylic acids is 1. The fourth-order valence-electron chi connectivity index (χ4n) is 3.69. The molecule has 11 heteroatoms. The van der Waals surface area contributed by atoms with Gasteiger partial charge in [0.25, 0.3) is 5.91 Å². The molecule has 2 aromatic heterocycles. The van der Waals surface area contributed by atoms with Gasteiger partial charge in [-0.25, -0.2) is 14.4 Å². The van der Waals surface area contributed by atoms with Crippen LogP contribution in [0.2, 0.25) is 0 Å². The summed E-state index contributed by atoms with van der Waals surface area (Å²) < 4.78 is 25.1. The summed E-state index contributed by atoms with van der Waals surface area (Å²) >= 11 is 0. The Kier molecular flexibility index (Phi) is 5.61. The molecule has 0 saturated carbocycles. The van der Waals surface area contributed by atoms with Crippen LogP contribution in [0.5, 0.6) is 5.75 Å². The molecule has 3 N–H and O–H groups in total. The van der Waals surface area contributed by atoms with Crippen LogP contribution in [0.1, 0.15) is 5.56 Å². The summed E-state index contributed by atoms with van der Waals surface area (Å²) in [7, 11) is 0. The number of pyridine rings is 1. The van der Waals surface area contributed by atoms with E-state index >= 15 is 0 Å². The molecule has 2 aliphatic rings. The average Bonchev–Trinajstić information content (AvgIpc) is 2.82. The Hall–Kier alpha value is -3.99. The summed E-state index contributed by atoms with van der Waals surface area (Å²) in [5.41, 5.74) is 3.04. The molecule has 0 radical (unpaired) electrons. The van der Waals surface area contributed by atoms with E-state index in [4.69, 9.17) is 9.47 Å². The molecule has 1 amide bonds. The van der Waals surface area contributed by atoms with Crippen LogP contribution in [-0.4, -0.2) is 53.8 Å². The number of anilines is 6. The third-order valence-corrected chi connectivity index (χ3v) is 5.27. The van der Waals surface area contributed by atoms with Crippen molar-refractivity contribution in [3.05, 3.63) is 47.9 Å². The number of benzene rings is 1. The molecule has 0 unspecified atom stereocenters. The molecular formula is C22H22FN7O3. The van der Waals surface area contributed by atoms with Gasteiger partial charge in [0.15, 0.2) is 29.8 Å². The van der Waals surface area contributed by atoms with Gasteiger partial charge < -0.3 is 30.3 Å². The van der Waals surface area contributed by atoms with Crippen LogP contribution >= 0.6 is 0 Å². The van der Waals surface area contributed by atoms with E-state index in [1.807, 2.05) is 25.1 Å². The Morgan fingerprint density at radius 1 is 1.12 bits per heavy atom. The van der Waals surface area contributed by atoms with Crippen molar-refractivity contribution < 1.29 is 18.7 Å². The maximum Gasteiger partial charge on any atom is 0.263 e. The van der Waals surface area contributed by atoms with E-state index in [0.29, 0.717) is 11.6 Å². The third kappa shape index (κ3) is 4.62. The van der Waals surface area contributed by atoms with E-state index in [1.165, 1.54) is 0 Å². The zero-order chi connectivity index (χ0) is 22.8. The summed E-state index contributed by atoms with van der Waals surface area (Å²) in [5.74, 6) is 0.243. The van der Waals surface area contributed by atoms with Crippen molar-refractivity contribution in [2.24, 2.45) is 0 Å². The van der Waals surface area contributed by atoms with E-state index in [1.54, 1.807) is 12.1 Å². The smallest absolute Gasteiger partial charge is 0.263 e. The molecule has 5 rings (SSSR count). The molecule has 1 fully saturated rings. The Morgan fingerprint density at radius 2 is 1.97 bits per heavy atom. The highest BCUT2D eigenvalue weighted by Crippen LogP contribution is 2.29. The quantitative estimate of drug-likeness (QED) is 0.539. The number of halogens is 1. The number of nitrogens with zero attached hydrogens (tertiary/aromatic N) is 4. The fraction of sp³-hybridized carbons (Fsp3) is 0.273. The highest BCUT2D eigenvalue weighted by molar-refractivity contribution is 5.94. The number of morpholine rings is 1. The molecule has 2 aliphatic heterocycles. The van der Waals surface area contributed by atoms with Crippen molar-refractivity contribution in [3.63, 3.8) is 0 Å². The standard InChI is InChI=1S/C22H22FN7O3/c1-13-10-14(2-3-16(13)30-6-8-32-9-7-30)25-22-24-11-15(23)20(29-22)26-18-5-4-17-21(27-18)28-19(31)12-33-17/h2-5,10-11H,6-9,12H2,1H3,(H3,24,25,26,27,28,29,31). The number of hydrogen-bond donors (Lipinski definition) is 3. The maximum atomic E-state index is 14.4. The van der Waals surface area contributed by atoms with Crippen molar-refractivity contribution in [3.8, 4) is 5.75 Å². The lowest BCUT2D eigenvalue weighted by atomic mass is 10.1. The number of amides is 1. The van der Waals surface area contributed by atoms with E-state index in [2.05, 4.69) is 35.8 Å². The Bertz CT molecular complexity index is 1200. The van der Waals surface area contributed by atoms with Gasteiger partial charge >= 0.3 is 0 Å². The number of ether oxygens (including phenoxy) is 2. The van der Waals surface area contributed by atoms with Gasteiger partial charge in [-0.2, -0.15) is 4.98 Å². The molecule has 1 saturated heterocycles. The van der Waals surface area contributed by atoms with Gasteiger partial charge in [-0.1, -0.05) is 0 Å². The van der Waals surface area contributed by atoms with Crippen LogP contribution in [0.4, 0.5) is 39.2 Å². The van der Waals surface area contributed by atoms with Crippen molar-refractivity contribution in [1.82, 2.24) is 15.0 Å². The topological polar surface area (TPSA) is 114 Å². The Morgan fingerprint density at radius 3 is 2.79 bits per heavy atom. The summed E-state index contributed by atoms with van der Waals surface area (Å²) in [6.07, 6.45) is 1.08. The molecule has 3 aromatic rings. The highest BCUT2D eigenvalue weighted by atomic mass is 19.1. The Balaban J connectivity index is 1.32. The first kappa shape index (κ1) is 20.9. The minimum Gasteiger partial charge on any atom is -0.480 e. The summed E-state index contributed by atoms with van der Waals surface area (Å²) in [6, 6.07) is 9.22. The molecule has 33 heavy (non-hydrogen) atoms. The summed E-state index contributed by atoms with van der Waals surface area (Å²) in [6.45, 7) is 5.13. The van der Waals surface area contributed by atoms with Gasteiger partial charge in [0.2, 0.25) is 5.95 Å². The Labute approximate surface area is 189 Å². The van der Waals surface area contributed by atoms with E-state index < -0.39 is 5.82 Å². The third-order valence-electron chi connectivity index (χ3n) is 5.27. The monoisotopic (exact) mass is 451 g/mol. The van der Waals surface area contributed by atoms with E-state index in [9.17, 15) is 9.18 Å². The van der Waals surface area contributed by atoms with Crippen molar-refractivity contribution in [1.29, 1.82) is 0 Å². The van der Waals surface area contributed by atoms with Crippen LogP contribution in [-0.2, 0) is 9.53 Å². The predicted molar refractivity (Wildman–Crippen MR) is 121 cm³/mol. The molecule has 0 atom stereocenters. The molecule has 0 aliphatic carbocycles. The van der Waals surface area contributed by atoms with Crippen LogP contribution < -0.4 is 25.6 Å². The van der Waals surface area contributed by atoms with Crippen molar-refractivity contribution >= 4 is 40.7 Å². The van der Waals surface area contributed by atoms with Crippen LogP contribution in [0.3, 0.4) is 0 Å². The first-order valence-corrected chi connectivity index (χ1v) is 10.5. The second-order valence-corrected chi connectivity index (χ2v) is 7.62. The number of aromatic nitrogens is 3. The van der Waals surface area contributed by atoms with Crippen molar-refractivity contribution in [2.45, 2.75) is 6.92 Å². The second kappa shape index (κ2) is 8.87. The molecular weight excluding hydrogens is 429 g/mol. The van der Waals surface area contributed by atoms with Gasteiger partial charge in [0, 0.05) is 24.5 Å². The summed E-state index contributed by atoms with van der Waals surface area (Å²) in [5, 5.41) is 8.55. The van der Waals surface area contributed by atoms with Crippen molar-refractivity contribution in [2.75, 3.05) is 53.8 Å². The van der Waals surface area contributed by atoms with Gasteiger partial charge in [0.05, 0.1) is 19.4 Å². The molecule has 1 aromatic carbocycles. The number of aryl methyl sites for hydroxylation is 1. The largest absolute Gasteiger partial charge is 0.480 e. The number of carbonyl (C=O) groups is 1. The number of fused-ring (bicyclic) bond motifs is 1. The first-order chi connectivity index (χ1) is 16.0. The van der Waals surface area contributed by atoms with Gasteiger partial charge in [-0.3, -0.25) is 4.79 Å². The number of rotatable bonds is 5. The predicted octanol–water partition coefficient (Wildman–Crippen LogP) is 2.97. The van der Waals surface area contributed by atoms with E-state index in [-0.39, 0.29) is 30.1 Å². The van der Waals surface area contributed by atoms with E-state index in [0.717, 1.165) is 49.4 Å². The lowest BCUT2D eigenvalue weighted by Gasteiger charge is -2.30. The van der Waals surface area contributed by atoms with Gasteiger partial charge in [-0.15, -0.1) is 0 Å². The van der Waals surface area contributed by atoms with Gasteiger partial charge in [-0.05, 0) is 42.8 Å². The maximum absolute atomic E-state index is 14.4. The van der Waals surface area contributed by atoms with Gasteiger partial charge in [0.1, 0.15) is 5.82 Å². The first-order valence-electron chi connectivity index (χ1n) is 10.5. The SMILES string of the molecule is Cc1cc(Nc2ncc(F)c(Nc3ccc4c(n3)NC(=O)CO4)n2)ccc1N1CCOCC1.